The monoisotopic (exact) mass is 402 g/mol. The maximum atomic E-state index is 13.0. The molecule has 2 aromatic rings. The normalized spacial score (nSPS) is 18.9. The molecule has 3 heterocycles. The summed E-state index contributed by atoms with van der Waals surface area (Å²) >= 11 is 0. The van der Waals surface area contributed by atoms with E-state index >= 15 is 0 Å². The van der Waals surface area contributed by atoms with Crippen LogP contribution in [0, 0.1) is 19.8 Å². The largest absolute Gasteiger partial charge is 0.454 e. The van der Waals surface area contributed by atoms with Gasteiger partial charge in [-0.05, 0) is 57.2 Å². The lowest BCUT2D eigenvalue weighted by molar-refractivity contribution is -0.121. The molecule has 158 valence electrons. The van der Waals surface area contributed by atoms with Crippen molar-refractivity contribution in [1.82, 2.24) is 20.0 Å². The zero-order chi connectivity index (χ0) is 20.8. The summed E-state index contributed by atoms with van der Waals surface area (Å²) in [6, 6.07) is 5.48. The van der Waals surface area contributed by atoms with Crippen LogP contribution in [-0.2, 0) is 11.3 Å². The van der Waals surface area contributed by atoms with Crippen molar-refractivity contribution in [3.63, 3.8) is 0 Å². The predicted octanol–water partition coefficient (Wildman–Crippen LogP) is 1.88. The van der Waals surface area contributed by atoms with Gasteiger partial charge in [-0.2, -0.15) is 5.10 Å². The highest BCUT2D eigenvalue weighted by Gasteiger charge is 2.22. The van der Waals surface area contributed by atoms with Crippen LogP contribution in [0.5, 0.6) is 0 Å². The van der Waals surface area contributed by atoms with Crippen LogP contribution in [0.3, 0.4) is 0 Å². The fourth-order valence-corrected chi connectivity index (χ4v) is 3.67. The number of carbonyl (C=O) groups excluding carboxylic acids is 2. The number of rotatable bonds is 4. The first kappa shape index (κ1) is 21.1. The molecule has 0 aliphatic carbocycles. The molecule has 1 unspecified atom stereocenters. The molecular weight excluding hydrogens is 372 g/mol. The molecule has 0 radical (unpaired) electrons. The highest BCUT2D eigenvalue weighted by Crippen LogP contribution is 2.16. The van der Waals surface area contributed by atoms with Gasteiger partial charge in [0.05, 0.1) is 12.2 Å². The van der Waals surface area contributed by atoms with Gasteiger partial charge in [0.1, 0.15) is 5.76 Å². The van der Waals surface area contributed by atoms with Gasteiger partial charge >= 0.3 is 0 Å². The van der Waals surface area contributed by atoms with Gasteiger partial charge in [-0.3, -0.25) is 14.3 Å². The number of furan rings is 1. The molecule has 1 atom stereocenters. The summed E-state index contributed by atoms with van der Waals surface area (Å²) < 4.78 is 7.64. The summed E-state index contributed by atoms with van der Waals surface area (Å²) in [5, 5.41) is 16.8. The van der Waals surface area contributed by atoms with Gasteiger partial charge in [-0.15, -0.1) is 0 Å². The molecule has 29 heavy (non-hydrogen) atoms. The number of aryl methyl sites for hydroxylation is 2. The molecule has 2 N–H and O–H groups in total. The van der Waals surface area contributed by atoms with Crippen molar-refractivity contribution in [2.75, 3.05) is 26.2 Å². The van der Waals surface area contributed by atoms with E-state index in [1.807, 2.05) is 24.6 Å². The van der Waals surface area contributed by atoms with Gasteiger partial charge in [-0.25, -0.2) is 0 Å². The molecule has 8 nitrogen and oxygen atoms in total. The van der Waals surface area contributed by atoms with Gasteiger partial charge < -0.3 is 19.7 Å². The predicted molar refractivity (Wildman–Crippen MR) is 107 cm³/mol. The highest BCUT2D eigenvalue weighted by molar-refractivity contribution is 5.91. The smallest absolute Gasteiger partial charge is 0.289 e. The van der Waals surface area contributed by atoms with Crippen LogP contribution in [0.4, 0.5) is 0 Å². The molecule has 2 aromatic heterocycles. The molecule has 1 aliphatic heterocycles. The summed E-state index contributed by atoms with van der Waals surface area (Å²) in [5.74, 6) is 0.788. The van der Waals surface area contributed by atoms with E-state index in [-0.39, 0.29) is 36.5 Å². The van der Waals surface area contributed by atoms with E-state index in [4.69, 9.17) is 4.42 Å². The van der Waals surface area contributed by atoms with Crippen LogP contribution in [0.15, 0.2) is 22.6 Å². The average molecular weight is 402 g/mol. The summed E-state index contributed by atoms with van der Waals surface area (Å²) in [4.78, 5) is 26.7. The van der Waals surface area contributed by atoms with Gasteiger partial charge in [-0.1, -0.05) is 0 Å². The van der Waals surface area contributed by atoms with Crippen molar-refractivity contribution in [2.45, 2.75) is 46.1 Å². The lowest BCUT2D eigenvalue weighted by Crippen LogP contribution is -2.35. The van der Waals surface area contributed by atoms with Crippen LogP contribution < -0.4 is 5.32 Å². The number of carbonyl (C=O) groups is 2. The van der Waals surface area contributed by atoms with Crippen LogP contribution in [0.2, 0.25) is 0 Å². The Kier molecular flexibility index (Phi) is 7.09. The van der Waals surface area contributed by atoms with E-state index in [0.29, 0.717) is 31.9 Å². The molecule has 1 saturated heterocycles. The Bertz CT molecular complexity index is 842. The highest BCUT2D eigenvalue weighted by atomic mass is 16.4. The summed E-state index contributed by atoms with van der Waals surface area (Å²) in [5.41, 5.74) is 1.97. The Hall–Kier alpha value is -2.61. The summed E-state index contributed by atoms with van der Waals surface area (Å²) in [7, 11) is 0. The molecular formula is C21H30N4O4. The Morgan fingerprint density at radius 3 is 2.86 bits per heavy atom. The van der Waals surface area contributed by atoms with Crippen LogP contribution >= 0.6 is 0 Å². The Morgan fingerprint density at radius 1 is 1.31 bits per heavy atom. The van der Waals surface area contributed by atoms with Crippen molar-refractivity contribution in [3.05, 3.63) is 41.1 Å². The van der Waals surface area contributed by atoms with Crippen LogP contribution in [0.25, 0.3) is 0 Å². The summed E-state index contributed by atoms with van der Waals surface area (Å²) in [6.45, 7) is 5.93. The van der Waals surface area contributed by atoms with E-state index in [9.17, 15) is 14.7 Å². The van der Waals surface area contributed by atoms with Gasteiger partial charge in [0, 0.05) is 38.4 Å². The molecule has 0 saturated carbocycles. The standard InChI is InChI=1S/C21H30N4O4/c1-15-12-16(2)25(23-15)13-18-5-6-19(29-18)21(28)24-10-3-4-17(14-26)7-9-22-20(27)8-11-24/h5-6,12,17,26H,3-4,7-11,13-14H2,1-2H3,(H,22,27). The Morgan fingerprint density at radius 2 is 2.14 bits per heavy atom. The zero-order valence-electron chi connectivity index (χ0n) is 17.2. The van der Waals surface area contributed by atoms with E-state index in [1.54, 1.807) is 17.0 Å². The number of nitrogens with one attached hydrogen (secondary N) is 1. The van der Waals surface area contributed by atoms with Crippen molar-refractivity contribution < 1.29 is 19.1 Å². The molecule has 1 fully saturated rings. The minimum Gasteiger partial charge on any atom is -0.454 e. The first-order chi connectivity index (χ1) is 14.0. The van der Waals surface area contributed by atoms with E-state index in [0.717, 1.165) is 30.7 Å². The fourth-order valence-electron chi connectivity index (χ4n) is 3.67. The third-order valence-electron chi connectivity index (χ3n) is 5.35. The second-order valence-corrected chi connectivity index (χ2v) is 7.72. The molecule has 1 aliphatic rings. The molecule has 0 aromatic carbocycles. The number of aromatic nitrogens is 2. The minimum atomic E-state index is -0.211. The van der Waals surface area contributed by atoms with Gasteiger partial charge in [0.25, 0.3) is 5.91 Å². The third-order valence-corrected chi connectivity index (χ3v) is 5.35. The van der Waals surface area contributed by atoms with Gasteiger partial charge in [0.15, 0.2) is 5.76 Å². The average Bonchev–Trinajstić information content (AvgIpc) is 3.27. The third kappa shape index (κ3) is 5.69. The van der Waals surface area contributed by atoms with Crippen molar-refractivity contribution in [3.8, 4) is 0 Å². The van der Waals surface area contributed by atoms with Gasteiger partial charge in [0.2, 0.25) is 5.91 Å². The second-order valence-electron chi connectivity index (χ2n) is 7.72. The van der Waals surface area contributed by atoms with Crippen LogP contribution in [0.1, 0.15) is 53.4 Å². The molecule has 0 spiro atoms. The molecule has 3 rings (SSSR count). The maximum Gasteiger partial charge on any atom is 0.289 e. The number of hydrogen-bond acceptors (Lipinski definition) is 5. The molecule has 2 amide bonds. The van der Waals surface area contributed by atoms with E-state index < -0.39 is 0 Å². The second kappa shape index (κ2) is 9.73. The topological polar surface area (TPSA) is 101 Å². The number of amides is 2. The number of aliphatic hydroxyl groups excluding tert-OH is 1. The SMILES string of the molecule is Cc1cc(C)n(Cc2ccc(C(=O)N3CCCC(CO)CCNC(=O)CC3)o2)n1. The van der Waals surface area contributed by atoms with E-state index in [2.05, 4.69) is 10.4 Å². The number of hydrogen-bond donors (Lipinski definition) is 2. The number of aliphatic hydroxyl groups is 1. The maximum absolute atomic E-state index is 13.0. The minimum absolute atomic E-state index is 0.0777. The van der Waals surface area contributed by atoms with Crippen LogP contribution in [-0.4, -0.2) is 57.8 Å². The van der Waals surface area contributed by atoms with Crippen molar-refractivity contribution in [2.24, 2.45) is 5.92 Å². The summed E-state index contributed by atoms with van der Waals surface area (Å²) in [6.07, 6.45) is 2.61. The first-order valence-electron chi connectivity index (χ1n) is 10.2. The lowest BCUT2D eigenvalue weighted by Gasteiger charge is -2.21. The molecule has 0 bridgehead atoms. The number of nitrogens with zero attached hydrogens (tertiary/aromatic N) is 3. The van der Waals surface area contributed by atoms with Crippen molar-refractivity contribution >= 4 is 11.8 Å². The zero-order valence-corrected chi connectivity index (χ0v) is 17.2. The first-order valence-corrected chi connectivity index (χ1v) is 10.2. The Balaban J connectivity index is 1.67. The van der Waals surface area contributed by atoms with Crippen molar-refractivity contribution in [1.29, 1.82) is 0 Å². The Labute approximate surface area is 170 Å². The lowest BCUT2D eigenvalue weighted by atomic mass is 10.0. The quantitative estimate of drug-likeness (QED) is 0.813. The molecule has 8 heteroatoms. The fraction of sp³-hybridized carbons (Fsp3) is 0.571. The van der Waals surface area contributed by atoms with E-state index in [1.165, 1.54) is 0 Å².